The Morgan fingerprint density at radius 2 is 1.50 bits per heavy atom. The lowest BCUT2D eigenvalue weighted by atomic mass is 9.93. The molecule has 1 aromatic carbocycles. The summed E-state index contributed by atoms with van der Waals surface area (Å²) in [5.41, 5.74) is 1.54. The van der Waals surface area contributed by atoms with E-state index in [0.717, 1.165) is 5.56 Å². The fourth-order valence-corrected chi connectivity index (χ4v) is 1.65. The Morgan fingerprint density at radius 3 is 1.93 bits per heavy atom. The quantitative estimate of drug-likeness (QED) is 0.758. The Hall–Kier alpha value is -1.18. The summed E-state index contributed by atoms with van der Waals surface area (Å²) in [6.07, 6.45) is 0. The van der Waals surface area contributed by atoms with Gasteiger partial charge in [-0.3, -0.25) is 0 Å². The first kappa shape index (κ1) is 10.9. The Labute approximate surface area is 85.2 Å². The van der Waals surface area contributed by atoms with Crippen LogP contribution in [0.3, 0.4) is 0 Å². The molecule has 0 aromatic heterocycles. The van der Waals surface area contributed by atoms with Crippen molar-refractivity contribution in [1.29, 1.82) is 0 Å². The summed E-state index contributed by atoms with van der Waals surface area (Å²) in [6.45, 7) is 7.96. The van der Waals surface area contributed by atoms with Crippen molar-refractivity contribution in [3.05, 3.63) is 23.3 Å². The van der Waals surface area contributed by atoms with Crippen molar-refractivity contribution in [2.45, 2.75) is 39.5 Å². The molecule has 0 saturated carbocycles. The van der Waals surface area contributed by atoms with Crippen LogP contribution in [0.4, 0.5) is 0 Å². The second-order valence-corrected chi connectivity index (χ2v) is 4.25. The van der Waals surface area contributed by atoms with Gasteiger partial charge in [0.25, 0.3) is 0 Å². The molecule has 0 saturated heterocycles. The SMILES string of the molecule is CC(C)c1ccc(O)c(C(C)C)c1O. The van der Waals surface area contributed by atoms with Gasteiger partial charge >= 0.3 is 0 Å². The zero-order valence-corrected chi connectivity index (χ0v) is 9.20. The van der Waals surface area contributed by atoms with Gasteiger partial charge in [-0.1, -0.05) is 33.8 Å². The molecule has 2 N–H and O–H groups in total. The van der Waals surface area contributed by atoms with Crippen LogP contribution >= 0.6 is 0 Å². The first-order chi connectivity index (χ1) is 6.45. The summed E-state index contributed by atoms with van der Waals surface area (Å²) in [6, 6.07) is 3.44. The van der Waals surface area contributed by atoms with Crippen molar-refractivity contribution < 1.29 is 10.2 Å². The van der Waals surface area contributed by atoms with E-state index < -0.39 is 0 Å². The predicted octanol–water partition coefficient (Wildman–Crippen LogP) is 3.34. The smallest absolute Gasteiger partial charge is 0.126 e. The highest BCUT2D eigenvalue weighted by molar-refractivity contribution is 5.51. The molecule has 0 spiro atoms. The monoisotopic (exact) mass is 194 g/mol. The van der Waals surface area contributed by atoms with Gasteiger partial charge in [0.2, 0.25) is 0 Å². The maximum atomic E-state index is 9.95. The van der Waals surface area contributed by atoms with Crippen LogP contribution in [-0.4, -0.2) is 10.2 Å². The standard InChI is InChI=1S/C12H18O2/c1-7(2)9-5-6-10(13)11(8(3)4)12(9)14/h5-8,13-14H,1-4H3. The predicted molar refractivity (Wildman–Crippen MR) is 57.9 cm³/mol. The summed E-state index contributed by atoms with van der Waals surface area (Å²) in [7, 11) is 0. The minimum absolute atomic E-state index is 0.133. The largest absolute Gasteiger partial charge is 0.508 e. The Bertz CT molecular complexity index is 327. The Morgan fingerprint density at radius 1 is 0.929 bits per heavy atom. The lowest BCUT2D eigenvalue weighted by molar-refractivity contribution is 0.427. The molecule has 0 heterocycles. The van der Waals surface area contributed by atoms with E-state index in [1.807, 2.05) is 27.7 Å². The van der Waals surface area contributed by atoms with E-state index in [1.54, 1.807) is 12.1 Å². The van der Waals surface area contributed by atoms with Crippen LogP contribution in [-0.2, 0) is 0 Å². The van der Waals surface area contributed by atoms with E-state index in [1.165, 1.54) is 0 Å². The number of phenolic OH excluding ortho intramolecular Hbond substituents is 2. The fraction of sp³-hybridized carbons (Fsp3) is 0.500. The van der Waals surface area contributed by atoms with E-state index in [-0.39, 0.29) is 23.3 Å². The number of hydrogen-bond donors (Lipinski definition) is 2. The van der Waals surface area contributed by atoms with E-state index in [0.29, 0.717) is 5.56 Å². The van der Waals surface area contributed by atoms with E-state index in [9.17, 15) is 10.2 Å². The van der Waals surface area contributed by atoms with Gasteiger partial charge < -0.3 is 10.2 Å². The van der Waals surface area contributed by atoms with Crippen LogP contribution in [0.25, 0.3) is 0 Å². The molecule has 78 valence electrons. The van der Waals surface area contributed by atoms with E-state index >= 15 is 0 Å². The van der Waals surface area contributed by atoms with Crippen LogP contribution in [0, 0.1) is 0 Å². The molecule has 0 fully saturated rings. The van der Waals surface area contributed by atoms with Gasteiger partial charge in [-0.2, -0.15) is 0 Å². The van der Waals surface area contributed by atoms with Crippen molar-refractivity contribution in [3.63, 3.8) is 0 Å². The van der Waals surface area contributed by atoms with Crippen molar-refractivity contribution in [2.75, 3.05) is 0 Å². The van der Waals surface area contributed by atoms with Crippen LogP contribution < -0.4 is 0 Å². The molecule has 0 aliphatic heterocycles. The zero-order chi connectivity index (χ0) is 10.9. The minimum Gasteiger partial charge on any atom is -0.508 e. The van der Waals surface area contributed by atoms with Gasteiger partial charge in [0.1, 0.15) is 11.5 Å². The maximum absolute atomic E-state index is 9.95. The molecule has 2 nitrogen and oxygen atoms in total. The molecule has 14 heavy (non-hydrogen) atoms. The van der Waals surface area contributed by atoms with Crippen LogP contribution in [0.1, 0.15) is 50.7 Å². The zero-order valence-electron chi connectivity index (χ0n) is 9.20. The molecule has 0 aliphatic carbocycles. The molecule has 0 radical (unpaired) electrons. The van der Waals surface area contributed by atoms with Crippen LogP contribution in [0.5, 0.6) is 11.5 Å². The first-order valence-electron chi connectivity index (χ1n) is 4.99. The summed E-state index contributed by atoms with van der Waals surface area (Å²) >= 11 is 0. The van der Waals surface area contributed by atoms with Gasteiger partial charge in [-0.25, -0.2) is 0 Å². The van der Waals surface area contributed by atoms with Gasteiger partial charge in [0.05, 0.1) is 0 Å². The summed E-state index contributed by atoms with van der Waals surface area (Å²) in [5, 5.41) is 19.6. The Balaban J connectivity index is 3.34. The van der Waals surface area contributed by atoms with E-state index in [2.05, 4.69) is 0 Å². The molecular weight excluding hydrogens is 176 g/mol. The van der Waals surface area contributed by atoms with Gasteiger partial charge in [-0.05, 0) is 23.5 Å². The number of aromatic hydroxyl groups is 2. The molecule has 0 amide bonds. The van der Waals surface area contributed by atoms with Gasteiger partial charge in [0.15, 0.2) is 0 Å². The molecular formula is C12H18O2. The lowest BCUT2D eigenvalue weighted by Gasteiger charge is -2.16. The minimum atomic E-state index is 0.133. The molecule has 2 heteroatoms. The Kier molecular flexibility index (Phi) is 3.04. The normalized spacial score (nSPS) is 11.3. The van der Waals surface area contributed by atoms with Crippen LogP contribution in [0.2, 0.25) is 0 Å². The third-order valence-corrected chi connectivity index (χ3v) is 2.42. The average Bonchev–Trinajstić information content (AvgIpc) is 2.02. The molecule has 0 aliphatic rings. The summed E-state index contributed by atoms with van der Waals surface area (Å²) in [5.74, 6) is 0.832. The summed E-state index contributed by atoms with van der Waals surface area (Å²) < 4.78 is 0. The number of phenols is 2. The van der Waals surface area contributed by atoms with Crippen molar-refractivity contribution >= 4 is 0 Å². The second-order valence-electron chi connectivity index (χ2n) is 4.25. The molecule has 1 rings (SSSR count). The van der Waals surface area contributed by atoms with Crippen molar-refractivity contribution in [3.8, 4) is 11.5 Å². The van der Waals surface area contributed by atoms with Gasteiger partial charge in [-0.15, -0.1) is 0 Å². The molecule has 0 atom stereocenters. The highest BCUT2D eigenvalue weighted by Gasteiger charge is 2.16. The first-order valence-corrected chi connectivity index (χ1v) is 4.99. The van der Waals surface area contributed by atoms with Crippen molar-refractivity contribution in [1.82, 2.24) is 0 Å². The third kappa shape index (κ3) is 1.84. The number of benzene rings is 1. The number of rotatable bonds is 2. The van der Waals surface area contributed by atoms with Crippen molar-refractivity contribution in [2.24, 2.45) is 0 Å². The van der Waals surface area contributed by atoms with E-state index in [4.69, 9.17) is 0 Å². The fourth-order valence-electron chi connectivity index (χ4n) is 1.65. The number of hydrogen-bond acceptors (Lipinski definition) is 2. The molecule has 1 aromatic rings. The third-order valence-electron chi connectivity index (χ3n) is 2.42. The molecule has 0 bridgehead atoms. The summed E-state index contributed by atoms with van der Waals surface area (Å²) in [4.78, 5) is 0. The average molecular weight is 194 g/mol. The van der Waals surface area contributed by atoms with Crippen LogP contribution in [0.15, 0.2) is 12.1 Å². The second kappa shape index (κ2) is 3.91. The molecule has 0 unspecified atom stereocenters. The highest BCUT2D eigenvalue weighted by Crippen LogP contribution is 2.38. The van der Waals surface area contributed by atoms with Gasteiger partial charge in [0, 0.05) is 5.56 Å². The maximum Gasteiger partial charge on any atom is 0.126 e. The lowest BCUT2D eigenvalue weighted by Crippen LogP contribution is -1.95. The topological polar surface area (TPSA) is 40.5 Å². The highest BCUT2D eigenvalue weighted by atomic mass is 16.3.